The Hall–Kier alpha value is -7.66. The van der Waals surface area contributed by atoms with Crippen molar-refractivity contribution in [3.05, 3.63) is 140 Å². The fourth-order valence-corrected chi connectivity index (χ4v) is 13.2. The second-order valence-electron chi connectivity index (χ2n) is 23.7. The summed E-state index contributed by atoms with van der Waals surface area (Å²) in [6.07, 6.45) is 2.40. The molecule has 20 nitrogen and oxygen atoms in total. The fourth-order valence-electron chi connectivity index (χ4n) is 10.9. The molecule has 4 aromatic carbocycles. The molecule has 2 bridgehead atoms. The number of thioether (sulfide) groups is 1. The van der Waals surface area contributed by atoms with Crippen molar-refractivity contribution in [2.75, 3.05) is 61.1 Å². The number of β-lactam (4-membered cyclic amide) rings is 1. The summed E-state index contributed by atoms with van der Waals surface area (Å²) in [4.78, 5) is 87.1. The number of aliphatic imine (C=N–C) groups is 1. The number of nitrogens with one attached hydrogen (secondary N) is 2. The lowest BCUT2D eigenvalue weighted by atomic mass is 9.70. The van der Waals surface area contributed by atoms with E-state index in [9.17, 15) is 24.0 Å². The highest BCUT2D eigenvalue weighted by Gasteiger charge is 2.58. The smallest absolute Gasteiger partial charge is 0.355 e. The van der Waals surface area contributed by atoms with E-state index in [1.54, 1.807) is 85.7 Å². The number of quaternary nitrogens is 1. The van der Waals surface area contributed by atoms with Crippen LogP contribution in [0, 0.1) is 12.3 Å². The Morgan fingerprint density at radius 2 is 1.36 bits per heavy atom. The topological polar surface area (TPSA) is 224 Å². The first-order valence-electron chi connectivity index (χ1n) is 28.7. The molecular formula is C64H75ClN7O13S2+. The van der Waals surface area contributed by atoms with Crippen LogP contribution in [-0.4, -0.2) is 144 Å². The predicted octanol–water partition coefficient (Wildman–Crippen LogP) is 9.15. The minimum Gasteiger partial charge on any atom is -0.497 e. The first-order chi connectivity index (χ1) is 41.5. The molecule has 0 aliphatic carbocycles. The van der Waals surface area contributed by atoms with E-state index < -0.39 is 46.4 Å². The van der Waals surface area contributed by atoms with E-state index in [1.807, 2.05) is 67.6 Å². The molecule has 87 heavy (non-hydrogen) atoms. The van der Waals surface area contributed by atoms with Crippen molar-refractivity contribution in [1.29, 1.82) is 0 Å². The van der Waals surface area contributed by atoms with Crippen molar-refractivity contribution in [3.63, 3.8) is 0 Å². The highest BCUT2D eigenvalue weighted by atomic mass is 35.5. The number of esters is 2. The third kappa shape index (κ3) is 14.8. The van der Waals surface area contributed by atoms with E-state index in [1.165, 1.54) is 41.8 Å². The molecule has 4 fully saturated rings. The van der Waals surface area contributed by atoms with Crippen LogP contribution in [0.3, 0.4) is 0 Å². The molecular weight excluding hydrogens is 1170 g/mol. The number of methoxy groups -OCH3 is 3. The molecule has 0 saturated carbocycles. The number of oxime groups is 1. The highest BCUT2D eigenvalue weighted by molar-refractivity contribution is 8.00. The number of hydrogen-bond acceptors (Lipinski definition) is 18. The van der Waals surface area contributed by atoms with E-state index >= 15 is 0 Å². The number of hydrogen-bond donors (Lipinski definition) is 2. The van der Waals surface area contributed by atoms with Crippen molar-refractivity contribution in [2.24, 2.45) is 15.6 Å². The van der Waals surface area contributed by atoms with E-state index in [-0.39, 0.29) is 64.2 Å². The summed E-state index contributed by atoms with van der Waals surface area (Å²) in [5, 5.41) is 11.8. The number of benzene rings is 4. The number of halogens is 1. The van der Waals surface area contributed by atoms with E-state index in [4.69, 9.17) is 49.6 Å². The van der Waals surface area contributed by atoms with Gasteiger partial charge < -0.3 is 53.1 Å². The van der Waals surface area contributed by atoms with Gasteiger partial charge in [0.15, 0.2) is 17.2 Å². The number of piperidine rings is 3. The number of carbonyl (C=O) groups excluding carboxylic acids is 5. The van der Waals surface area contributed by atoms with E-state index in [2.05, 4.69) is 25.8 Å². The third-order valence-corrected chi connectivity index (χ3v) is 18.6. The average Bonchev–Trinajstić information content (AvgIpc) is 0.963. The van der Waals surface area contributed by atoms with Crippen molar-refractivity contribution < 1.29 is 66.5 Å². The van der Waals surface area contributed by atoms with Gasteiger partial charge in [0.1, 0.15) is 77.7 Å². The van der Waals surface area contributed by atoms with Crippen LogP contribution in [0.1, 0.15) is 93.8 Å². The van der Waals surface area contributed by atoms with Gasteiger partial charge in [-0.2, -0.15) is 0 Å². The van der Waals surface area contributed by atoms with Gasteiger partial charge in [0.2, 0.25) is 5.60 Å². The molecule has 4 saturated heterocycles. The highest BCUT2D eigenvalue weighted by Crippen LogP contribution is 2.49. The monoisotopic (exact) mass is 1250 g/mol. The Morgan fingerprint density at radius 3 is 1.89 bits per heavy atom. The molecule has 0 radical (unpaired) electrons. The summed E-state index contributed by atoms with van der Waals surface area (Å²) in [7, 11) is 6.36. The Kier molecular flexibility index (Phi) is 19.6. The first kappa shape index (κ1) is 63.8. The lowest BCUT2D eigenvalue weighted by Gasteiger charge is -2.57. The minimum absolute atomic E-state index is 0.0587. The Bertz CT molecular complexity index is 3450. The molecule has 3 atom stereocenters. The lowest BCUT2D eigenvalue weighted by molar-refractivity contribution is -0.941. The molecule has 3 amide bonds. The Morgan fingerprint density at radius 1 is 0.793 bits per heavy atom. The van der Waals surface area contributed by atoms with Crippen LogP contribution in [-0.2, 0) is 58.1 Å². The van der Waals surface area contributed by atoms with Gasteiger partial charge in [-0.25, -0.2) is 14.6 Å². The third-order valence-electron chi connectivity index (χ3n) is 16.1. The maximum atomic E-state index is 14.7. The van der Waals surface area contributed by atoms with Gasteiger partial charge in [-0.05, 0) is 114 Å². The van der Waals surface area contributed by atoms with Crippen LogP contribution in [0.25, 0.3) is 0 Å². The second kappa shape index (κ2) is 26.8. The quantitative estimate of drug-likeness (QED) is 0.0193. The molecule has 5 aliphatic rings. The van der Waals surface area contributed by atoms with Gasteiger partial charge in [0, 0.05) is 60.0 Å². The van der Waals surface area contributed by atoms with Crippen LogP contribution >= 0.6 is 34.7 Å². The van der Waals surface area contributed by atoms with Crippen molar-refractivity contribution in [1.82, 2.24) is 20.5 Å². The normalized spacial score (nSPS) is 21.0. The van der Waals surface area contributed by atoms with E-state index in [0.717, 1.165) is 66.9 Å². The number of carbonyl (C=O) groups is 5. The van der Waals surface area contributed by atoms with Crippen molar-refractivity contribution in [2.45, 2.75) is 115 Å². The number of aromatic nitrogens is 1. The predicted molar refractivity (Wildman–Crippen MR) is 331 cm³/mol. The summed E-state index contributed by atoms with van der Waals surface area (Å²) in [5.74, 6) is -0.222. The SMILES string of the molecule is CN=C(C(=O)NCC12CC[N+](CC3=C(C(=O)OCc4ccc(OC)cc4)N4C(=O)[C@@H](NC(=O)/C(=N\OC(C)(C)C(=O)OC(C)(C)C)c5csc(C)n5)[C@H]4S[C@H]3C)(CC1)CC2)c1cc(Cl)c(OCc2ccc(OC)cc2)c(OCc2ccc(OC)cc2)c1. The molecule has 0 spiro atoms. The summed E-state index contributed by atoms with van der Waals surface area (Å²) in [5.41, 5.74) is 1.43. The van der Waals surface area contributed by atoms with Gasteiger partial charge in [-0.1, -0.05) is 53.2 Å². The number of rotatable bonds is 24. The Balaban J connectivity index is 0.900. The largest absolute Gasteiger partial charge is 0.497 e. The van der Waals surface area contributed by atoms with Gasteiger partial charge in [0.05, 0.1) is 51.0 Å². The fraction of sp³-hybridized carbons (Fsp3) is 0.438. The number of amides is 3. The Labute approximate surface area is 520 Å². The number of ether oxygens (including phenoxy) is 7. The lowest BCUT2D eigenvalue weighted by Crippen LogP contribution is -2.72. The van der Waals surface area contributed by atoms with Crippen LogP contribution in [0.4, 0.5) is 0 Å². The van der Waals surface area contributed by atoms with Crippen LogP contribution in [0.2, 0.25) is 5.02 Å². The molecule has 5 aromatic rings. The zero-order chi connectivity index (χ0) is 62.4. The van der Waals surface area contributed by atoms with Crippen LogP contribution < -0.4 is 34.3 Å². The van der Waals surface area contributed by atoms with Gasteiger partial charge in [-0.3, -0.25) is 24.3 Å². The second-order valence-corrected chi connectivity index (χ2v) is 26.6. The number of aryl methyl sites for hydroxylation is 1. The number of thiazole rings is 1. The first-order valence-corrected chi connectivity index (χ1v) is 30.9. The zero-order valence-electron chi connectivity index (χ0n) is 50.9. The van der Waals surface area contributed by atoms with Gasteiger partial charge in [0.25, 0.3) is 17.7 Å². The minimum atomic E-state index is -1.59. The van der Waals surface area contributed by atoms with Gasteiger partial charge in [-0.15, -0.1) is 23.1 Å². The van der Waals surface area contributed by atoms with E-state index in [0.29, 0.717) is 51.1 Å². The summed E-state index contributed by atoms with van der Waals surface area (Å²) in [6, 6.07) is 24.5. The standard InChI is InChI=1S/C64H74ClN7O13S2/c1-38-47(54(60(76)83-35-42-16-22-46(80-11)23-17-42)71-58(75)53(59(71)87-38)69-57(74)52(49-36-86-39(2)68-49)70-85-63(6,7)61(77)84-62(3,4)5)32-72-27-24-64(25-28-72,26-29-72)37-67-56(73)51(66-8)43-30-48(65)55(82-34-41-14-20-45(79-10)21-15-41)50(31-43)81-33-40-12-18-44(78-9)19-13-40/h12-23,30-31,36,38,53,59H,24-29,32-35,37H2,1-11H3,(H-,67,69,73,74)/p+1/b66-51?,70-52-/t38-,53+,59+,64?,72?/m0/s1. The van der Waals surface area contributed by atoms with Crippen LogP contribution in [0.5, 0.6) is 28.7 Å². The van der Waals surface area contributed by atoms with Crippen molar-refractivity contribution >= 4 is 75.8 Å². The summed E-state index contributed by atoms with van der Waals surface area (Å²) >= 11 is 9.76. The summed E-state index contributed by atoms with van der Waals surface area (Å²) < 4.78 is 40.9. The molecule has 2 N–H and O–H groups in total. The summed E-state index contributed by atoms with van der Waals surface area (Å²) in [6.45, 7) is 15.5. The molecule has 0 unspecified atom stereocenters. The maximum absolute atomic E-state index is 14.7. The molecule has 1 aromatic heterocycles. The molecule has 5 aliphatic heterocycles. The number of nitrogens with zero attached hydrogens (tertiary/aromatic N) is 5. The number of fused-ring (bicyclic) bond motifs is 4. The van der Waals surface area contributed by atoms with Gasteiger partial charge >= 0.3 is 11.9 Å². The maximum Gasteiger partial charge on any atom is 0.355 e. The van der Waals surface area contributed by atoms with Crippen molar-refractivity contribution in [3.8, 4) is 28.7 Å². The van der Waals surface area contributed by atoms with Crippen LogP contribution in [0.15, 0.2) is 112 Å². The molecule has 6 heterocycles. The molecule has 10 rings (SSSR count). The molecule has 23 heteroatoms. The average molecular weight is 1250 g/mol. The molecule has 462 valence electrons. The zero-order valence-corrected chi connectivity index (χ0v) is 53.3.